The zero-order chi connectivity index (χ0) is 13.3. The maximum Gasteiger partial charge on any atom is 0.126 e. The minimum atomic E-state index is -0.105. The Kier molecular flexibility index (Phi) is 4.06. The molecule has 18 heavy (non-hydrogen) atoms. The third kappa shape index (κ3) is 2.74. The summed E-state index contributed by atoms with van der Waals surface area (Å²) in [6.07, 6.45) is 3.37. The number of hydrogen-bond donors (Lipinski definition) is 1. The van der Waals surface area contributed by atoms with Crippen molar-refractivity contribution in [1.82, 2.24) is 0 Å². The van der Waals surface area contributed by atoms with Crippen LogP contribution >= 0.6 is 0 Å². The molecule has 0 bridgehead atoms. The summed E-state index contributed by atoms with van der Waals surface area (Å²) in [5.41, 5.74) is 8.03. The van der Waals surface area contributed by atoms with E-state index in [9.17, 15) is 4.39 Å². The molecule has 1 saturated carbocycles. The van der Waals surface area contributed by atoms with Crippen LogP contribution in [0.4, 0.5) is 4.39 Å². The fourth-order valence-corrected chi connectivity index (χ4v) is 3.06. The van der Waals surface area contributed by atoms with Gasteiger partial charge in [-0.1, -0.05) is 26.0 Å². The molecule has 0 spiro atoms. The predicted octanol–water partition coefficient (Wildman–Crippen LogP) is 4.00. The molecule has 1 aromatic rings. The van der Waals surface area contributed by atoms with Crippen LogP contribution in [-0.2, 0) is 0 Å². The van der Waals surface area contributed by atoms with Gasteiger partial charge in [0.1, 0.15) is 5.82 Å². The molecule has 0 saturated heterocycles. The molecule has 1 fully saturated rings. The third-order valence-corrected chi connectivity index (χ3v) is 4.51. The average Bonchev–Trinajstić information content (AvgIpc) is 2.33. The Morgan fingerprint density at radius 3 is 2.61 bits per heavy atom. The maximum absolute atomic E-state index is 13.7. The van der Waals surface area contributed by atoms with Crippen LogP contribution in [0.15, 0.2) is 18.2 Å². The quantitative estimate of drug-likeness (QED) is 0.842. The Morgan fingerprint density at radius 1 is 1.28 bits per heavy atom. The Bertz CT molecular complexity index is 414. The minimum absolute atomic E-state index is 0.105. The van der Waals surface area contributed by atoms with Gasteiger partial charge in [-0.15, -0.1) is 0 Å². The molecule has 0 radical (unpaired) electrons. The second kappa shape index (κ2) is 5.40. The molecule has 0 amide bonds. The fraction of sp³-hybridized carbons (Fsp3) is 0.625. The van der Waals surface area contributed by atoms with Gasteiger partial charge in [-0.05, 0) is 61.1 Å². The first-order chi connectivity index (χ1) is 8.49. The van der Waals surface area contributed by atoms with Gasteiger partial charge in [-0.25, -0.2) is 4.39 Å². The van der Waals surface area contributed by atoms with Crippen molar-refractivity contribution in [2.24, 2.45) is 17.6 Å². The Balaban J connectivity index is 2.21. The minimum Gasteiger partial charge on any atom is -0.327 e. The smallest absolute Gasteiger partial charge is 0.126 e. The normalized spacial score (nSPS) is 28.7. The molecule has 0 aromatic heterocycles. The van der Waals surface area contributed by atoms with Crippen molar-refractivity contribution in [3.05, 3.63) is 35.1 Å². The molecule has 3 atom stereocenters. The molecular formula is C16H24FN. The Hall–Kier alpha value is -0.890. The lowest BCUT2D eigenvalue weighted by Gasteiger charge is -2.36. The van der Waals surface area contributed by atoms with E-state index < -0.39 is 0 Å². The summed E-state index contributed by atoms with van der Waals surface area (Å²) in [5.74, 6) is 1.63. The molecule has 3 unspecified atom stereocenters. The maximum atomic E-state index is 13.7. The number of rotatable bonds is 2. The van der Waals surface area contributed by atoms with E-state index in [4.69, 9.17) is 5.73 Å². The summed E-state index contributed by atoms with van der Waals surface area (Å²) in [6, 6.07) is 5.78. The summed E-state index contributed by atoms with van der Waals surface area (Å²) < 4.78 is 13.7. The van der Waals surface area contributed by atoms with Gasteiger partial charge in [0.2, 0.25) is 0 Å². The highest BCUT2D eigenvalue weighted by atomic mass is 19.1. The first-order valence-corrected chi connectivity index (χ1v) is 7.00. The molecule has 0 heterocycles. The lowest BCUT2D eigenvalue weighted by atomic mass is 9.71. The fourth-order valence-electron chi connectivity index (χ4n) is 3.06. The zero-order valence-corrected chi connectivity index (χ0v) is 11.6. The van der Waals surface area contributed by atoms with Crippen molar-refractivity contribution in [3.63, 3.8) is 0 Å². The van der Waals surface area contributed by atoms with Gasteiger partial charge in [0.15, 0.2) is 0 Å². The van der Waals surface area contributed by atoms with E-state index in [1.165, 1.54) is 6.42 Å². The first-order valence-electron chi connectivity index (χ1n) is 7.00. The number of halogens is 1. The van der Waals surface area contributed by atoms with E-state index in [1.54, 1.807) is 13.0 Å². The van der Waals surface area contributed by atoms with Crippen LogP contribution in [0.5, 0.6) is 0 Å². The summed E-state index contributed by atoms with van der Waals surface area (Å²) in [5, 5.41) is 0. The summed E-state index contributed by atoms with van der Waals surface area (Å²) in [7, 11) is 0. The summed E-state index contributed by atoms with van der Waals surface area (Å²) >= 11 is 0. The second-order valence-electron chi connectivity index (χ2n) is 6.10. The number of hydrogen-bond acceptors (Lipinski definition) is 1. The van der Waals surface area contributed by atoms with E-state index >= 15 is 0 Å². The number of nitrogens with two attached hydrogens (primary N) is 1. The van der Waals surface area contributed by atoms with Gasteiger partial charge in [-0.2, -0.15) is 0 Å². The molecule has 1 aliphatic rings. The topological polar surface area (TPSA) is 26.0 Å². The number of benzene rings is 1. The van der Waals surface area contributed by atoms with Crippen molar-refractivity contribution in [3.8, 4) is 0 Å². The van der Waals surface area contributed by atoms with Crippen LogP contribution in [0.2, 0.25) is 0 Å². The van der Waals surface area contributed by atoms with Gasteiger partial charge >= 0.3 is 0 Å². The third-order valence-electron chi connectivity index (χ3n) is 4.51. The monoisotopic (exact) mass is 249 g/mol. The van der Waals surface area contributed by atoms with Crippen molar-refractivity contribution >= 4 is 0 Å². The molecule has 2 N–H and O–H groups in total. The summed E-state index contributed by atoms with van der Waals surface area (Å²) in [6.45, 7) is 6.35. The van der Waals surface area contributed by atoms with Crippen LogP contribution < -0.4 is 5.73 Å². The van der Waals surface area contributed by atoms with Crippen LogP contribution in [0.1, 0.15) is 50.2 Å². The lowest BCUT2D eigenvalue weighted by molar-refractivity contribution is 0.232. The summed E-state index contributed by atoms with van der Waals surface area (Å²) in [4.78, 5) is 0. The average molecular weight is 249 g/mol. The molecule has 2 heteroatoms. The number of aryl methyl sites for hydroxylation is 1. The van der Waals surface area contributed by atoms with Gasteiger partial charge in [0, 0.05) is 6.04 Å². The zero-order valence-electron chi connectivity index (χ0n) is 11.6. The Labute approximate surface area is 110 Å². The van der Waals surface area contributed by atoms with Crippen molar-refractivity contribution < 1.29 is 4.39 Å². The van der Waals surface area contributed by atoms with Crippen LogP contribution in [0, 0.1) is 24.6 Å². The van der Waals surface area contributed by atoms with E-state index in [0.29, 0.717) is 17.4 Å². The largest absolute Gasteiger partial charge is 0.327 e. The molecule has 100 valence electrons. The SMILES string of the molecule is Cc1ccc(C2CC(C(C)C)CCC2N)cc1F. The van der Waals surface area contributed by atoms with Crippen molar-refractivity contribution in [2.45, 2.75) is 52.0 Å². The van der Waals surface area contributed by atoms with Crippen LogP contribution in [-0.4, -0.2) is 6.04 Å². The van der Waals surface area contributed by atoms with E-state index in [0.717, 1.165) is 24.3 Å². The lowest BCUT2D eigenvalue weighted by Crippen LogP contribution is -2.36. The molecular weight excluding hydrogens is 225 g/mol. The van der Waals surface area contributed by atoms with Crippen LogP contribution in [0.25, 0.3) is 0 Å². The predicted molar refractivity (Wildman–Crippen MR) is 74.0 cm³/mol. The second-order valence-corrected chi connectivity index (χ2v) is 6.10. The molecule has 1 aromatic carbocycles. The standard InChI is InChI=1S/C16H24FN/c1-10(2)12-6-7-16(18)14(8-12)13-5-4-11(3)15(17)9-13/h4-5,9-10,12,14,16H,6-8,18H2,1-3H3. The van der Waals surface area contributed by atoms with Gasteiger partial charge < -0.3 is 5.73 Å². The van der Waals surface area contributed by atoms with Gasteiger partial charge in [-0.3, -0.25) is 0 Å². The van der Waals surface area contributed by atoms with Gasteiger partial charge in [0.05, 0.1) is 0 Å². The molecule has 1 nitrogen and oxygen atoms in total. The van der Waals surface area contributed by atoms with E-state index in [2.05, 4.69) is 13.8 Å². The Morgan fingerprint density at radius 2 is 2.00 bits per heavy atom. The molecule has 0 aliphatic heterocycles. The van der Waals surface area contributed by atoms with E-state index in [1.807, 2.05) is 12.1 Å². The first kappa shape index (κ1) is 13.5. The highest BCUT2D eigenvalue weighted by Crippen LogP contribution is 2.38. The van der Waals surface area contributed by atoms with Crippen molar-refractivity contribution in [2.75, 3.05) is 0 Å². The van der Waals surface area contributed by atoms with E-state index in [-0.39, 0.29) is 11.9 Å². The highest BCUT2D eigenvalue weighted by Gasteiger charge is 2.30. The van der Waals surface area contributed by atoms with Gasteiger partial charge in [0.25, 0.3) is 0 Å². The highest BCUT2D eigenvalue weighted by molar-refractivity contribution is 5.27. The van der Waals surface area contributed by atoms with Crippen LogP contribution in [0.3, 0.4) is 0 Å². The molecule has 1 aliphatic carbocycles. The van der Waals surface area contributed by atoms with Crippen molar-refractivity contribution in [1.29, 1.82) is 0 Å². The molecule has 2 rings (SSSR count).